The number of nitrogens with zero attached hydrogens (tertiary/aromatic N) is 3. The molecule has 1 saturated carbocycles. The number of aryl methyl sites for hydroxylation is 1. The van der Waals surface area contributed by atoms with Gasteiger partial charge in [-0.25, -0.2) is 0 Å². The lowest BCUT2D eigenvalue weighted by Crippen LogP contribution is -2.41. The zero-order chi connectivity index (χ0) is 17.5. The molecule has 0 spiro atoms. The van der Waals surface area contributed by atoms with E-state index in [0.29, 0.717) is 17.5 Å². The molecule has 0 unspecified atom stereocenters. The van der Waals surface area contributed by atoms with Gasteiger partial charge in [0, 0.05) is 20.0 Å². The number of ether oxygens (including phenoxy) is 1. The summed E-state index contributed by atoms with van der Waals surface area (Å²) in [6, 6.07) is 0.267. The lowest BCUT2D eigenvalue weighted by molar-refractivity contribution is -0.150. The van der Waals surface area contributed by atoms with Crippen LogP contribution in [0.4, 0.5) is 0 Å². The van der Waals surface area contributed by atoms with Gasteiger partial charge in [-0.2, -0.15) is 4.98 Å². The number of hydrogen-bond donors (Lipinski definition) is 0. The minimum atomic E-state index is -0.403. The summed E-state index contributed by atoms with van der Waals surface area (Å²) >= 11 is 1.33. The summed E-state index contributed by atoms with van der Waals surface area (Å²) < 4.78 is 9.92. The zero-order valence-corrected chi connectivity index (χ0v) is 15.3. The molecule has 0 radical (unpaired) electrons. The maximum atomic E-state index is 12.1. The van der Waals surface area contributed by atoms with Crippen molar-refractivity contribution < 1.29 is 18.8 Å². The van der Waals surface area contributed by atoms with E-state index in [2.05, 4.69) is 17.1 Å². The van der Waals surface area contributed by atoms with Crippen molar-refractivity contribution in [1.82, 2.24) is 15.0 Å². The summed E-state index contributed by atoms with van der Waals surface area (Å²) in [5.74, 6) is 1.88. The Hall–Kier alpha value is -1.57. The predicted octanol–water partition coefficient (Wildman–Crippen LogP) is 2.19. The van der Waals surface area contributed by atoms with E-state index in [4.69, 9.17) is 9.26 Å². The van der Waals surface area contributed by atoms with Gasteiger partial charge in [-0.1, -0.05) is 12.1 Å². The van der Waals surface area contributed by atoms with Crippen molar-refractivity contribution in [2.75, 3.05) is 19.4 Å². The third-order valence-corrected chi connectivity index (χ3v) is 5.21. The zero-order valence-electron chi connectivity index (χ0n) is 14.5. The Labute approximate surface area is 146 Å². The van der Waals surface area contributed by atoms with Crippen molar-refractivity contribution >= 4 is 23.6 Å². The van der Waals surface area contributed by atoms with Crippen LogP contribution in [-0.4, -0.2) is 52.4 Å². The summed E-state index contributed by atoms with van der Waals surface area (Å²) in [5.41, 5.74) is 0. The van der Waals surface area contributed by atoms with Crippen LogP contribution in [-0.2, 0) is 20.1 Å². The van der Waals surface area contributed by atoms with E-state index in [1.807, 2.05) is 0 Å². The van der Waals surface area contributed by atoms with Gasteiger partial charge < -0.3 is 14.2 Å². The van der Waals surface area contributed by atoms with E-state index < -0.39 is 5.97 Å². The first kappa shape index (κ1) is 18.8. The number of carbonyl (C=O) groups is 2. The van der Waals surface area contributed by atoms with E-state index >= 15 is 0 Å². The number of amides is 1. The molecule has 1 fully saturated rings. The number of esters is 1. The van der Waals surface area contributed by atoms with Crippen molar-refractivity contribution in [2.45, 2.75) is 51.3 Å². The highest BCUT2D eigenvalue weighted by Crippen LogP contribution is 2.26. The van der Waals surface area contributed by atoms with Crippen molar-refractivity contribution in [3.8, 4) is 0 Å². The molecular formula is C16H25N3O4S. The van der Waals surface area contributed by atoms with E-state index in [1.54, 1.807) is 18.9 Å². The SMILES string of the molecule is Cc1nc(CSCC(=O)OCC(=O)N(C)C2CCC(C)CC2)no1. The van der Waals surface area contributed by atoms with E-state index in [-0.39, 0.29) is 24.3 Å². The highest BCUT2D eigenvalue weighted by atomic mass is 32.2. The van der Waals surface area contributed by atoms with Crippen LogP contribution in [0.15, 0.2) is 4.52 Å². The Morgan fingerprint density at radius 2 is 2.04 bits per heavy atom. The molecule has 1 heterocycles. The molecule has 0 aromatic carbocycles. The molecular weight excluding hydrogens is 330 g/mol. The molecule has 1 aromatic rings. The van der Waals surface area contributed by atoms with Crippen molar-refractivity contribution in [1.29, 1.82) is 0 Å². The molecule has 8 heteroatoms. The largest absolute Gasteiger partial charge is 0.455 e. The maximum absolute atomic E-state index is 12.1. The molecule has 1 aromatic heterocycles. The van der Waals surface area contributed by atoms with Gasteiger partial charge in [-0.15, -0.1) is 11.8 Å². The summed E-state index contributed by atoms with van der Waals surface area (Å²) in [7, 11) is 1.80. The summed E-state index contributed by atoms with van der Waals surface area (Å²) in [6.07, 6.45) is 4.34. The third-order valence-electron chi connectivity index (χ3n) is 4.30. The fourth-order valence-corrected chi connectivity index (χ4v) is 3.40. The first-order valence-electron chi connectivity index (χ1n) is 8.24. The highest BCUT2D eigenvalue weighted by molar-refractivity contribution is 7.99. The molecule has 24 heavy (non-hydrogen) atoms. The van der Waals surface area contributed by atoms with Gasteiger partial charge in [0.25, 0.3) is 5.91 Å². The third kappa shape index (κ3) is 5.81. The van der Waals surface area contributed by atoms with Gasteiger partial charge in [0.05, 0.1) is 11.5 Å². The Morgan fingerprint density at radius 3 is 2.67 bits per heavy atom. The van der Waals surface area contributed by atoms with Crippen LogP contribution in [0.2, 0.25) is 0 Å². The smallest absolute Gasteiger partial charge is 0.316 e. The molecule has 0 bridgehead atoms. The predicted molar refractivity (Wildman–Crippen MR) is 90.3 cm³/mol. The summed E-state index contributed by atoms with van der Waals surface area (Å²) in [4.78, 5) is 29.6. The van der Waals surface area contributed by atoms with E-state index in [0.717, 1.165) is 31.6 Å². The maximum Gasteiger partial charge on any atom is 0.316 e. The second-order valence-corrected chi connectivity index (χ2v) is 7.29. The summed E-state index contributed by atoms with van der Waals surface area (Å²) in [5, 5.41) is 3.75. The molecule has 0 saturated heterocycles. The Morgan fingerprint density at radius 1 is 1.33 bits per heavy atom. The first-order valence-corrected chi connectivity index (χ1v) is 9.39. The van der Waals surface area contributed by atoms with Crippen LogP contribution in [0.1, 0.15) is 44.3 Å². The van der Waals surface area contributed by atoms with Crippen molar-refractivity contribution in [3.05, 3.63) is 11.7 Å². The number of carbonyl (C=O) groups excluding carboxylic acids is 2. The monoisotopic (exact) mass is 355 g/mol. The number of aromatic nitrogens is 2. The fourth-order valence-electron chi connectivity index (χ4n) is 2.74. The molecule has 1 aliphatic rings. The minimum Gasteiger partial charge on any atom is -0.455 e. The average Bonchev–Trinajstić information content (AvgIpc) is 2.98. The standard InChI is InChI=1S/C16H25N3O4S/c1-11-4-6-13(7-5-11)19(3)15(20)8-22-16(21)10-24-9-14-17-12(2)23-18-14/h11,13H,4-10H2,1-3H3. The molecule has 7 nitrogen and oxygen atoms in total. The molecule has 1 aliphatic carbocycles. The van der Waals surface area contributed by atoms with Crippen molar-refractivity contribution in [3.63, 3.8) is 0 Å². The van der Waals surface area contributed by atoms with Crippen LogP contribution in [0.5, 0.6) is 0 Å². The number of hydrogen-bond acceptors (Lipinski definition) is 7. The topological polar surface area (TPSA) is 85.5 Å². The fraction of sp³-hybridized carbons (Fsp3) is 0.750. The van der Waals surface area contributed by atoms with E-state index in [1.165, 1.54) is 11.8 Å². The van der Waals surface area contributed by atoms with Gasteiger partial charge in [0.2, 0.25) is 5.89 Å². The van der Waals surface area contributed by atoms with Crippen LogP contribution in [0.25, 0.3) is 0 Å². The number of likely N-dealkylation sites (N-methyl/N-ethyl adjacent to an activating group) is 1. The lowest BCUT2D eigenvalue weighted by atomic mass is 9.87. The second-order valence-electron chi connectivity index (χ2n) is 6.30. The van der Waals surface area contributed by atoms with E-state index in [9.17, 15) is 9.59 Å². The lowest BCUT2D eigenvalue weighted by Gasteiger charge is -2.33. The highest BCUT2D eigenvalue weighted by Gasteiger charge is 2.25. The quantitative estimate of drug-likeness (QED) is 0.693. The van der Waals surface area contributed by atoms with Crippen LogP contribution >= 0.6 is 11.8 Å². The van der Waals surface area contributed by atoms with Crippen molar-refractivity contribution in [2.24, 2.45) is 5.92 Å². The molecule has 0 atom stereocenters. The first-order chi connectivity index (χ1) is 11.5. The molecule has 1 amide bonds. The normalized spacial score (nSPS) is 20.6. The molecule has 0 aliphatic heterocycles. The number of rotatable bonds is 7. The molecule has 2 rings (SSSR count). The second kappa shape index (κ2) is 9.05. The Kier molecular flexibility index (Phi) is 7.08. The van der Waals surface area contributed by atoms with Crippen LogP contribution in [0, 0.1) is 12.8 Å². The van der Waals surface area contributed by atoms with Gasteiger partial charge in [0.15, 0.2) is 12.4 Å². The van der Waals surface area contributed by atoms with Gasteiger partial charge in [-0.3, -0.25) is 9.59 Å². The number of thioether (sulfide) groups is 1. The average molecular weight is 355 g/mol. The Balaban J connectivity index is 1.62. The van der Waals surface area contributed by atoms with Crippen LogP contribution < -0.4 is 0 Å². The van der Waals surface area contributed by atoms with Crippen LogP contribution in [0.3, 0.4) is 0 Å². The van der Waals surface area contributed by atoms with Gasteiger partial charge in [-0.05, 0) is 31.6 Å². The minimum absolute atomic E-state index is 0.137. The van der Waals surface area contributed by atoms with Gasteiger partial charge >= 0.3 is 5.97 Å². The van der Waals surface area contributed by atoms with Gasteiger partial charge in [0.1, 0.15) is 0 Å². The molecule has 0 N–H and O–H groups in total. The molecule has 134 valence electrons. The summed E-state index contributed by atoms with van der Waals surface area (Å²) in [6.45, 7) is 3.77. The Bertz CT molecular complexity index is 555.